The van der Waals surface area contributed by atoms with Gasteiger partial charge in [-0.05, 0) is 30.7 Å². The number of carbonyl (C=O) groups is 2. The van der Waals surface area contributed by atoms with Gasteiger partial charge in [-0.15, -0.1) is 0 Å². The maximum Gasteiger partial charge on any atom is 0.251 e. The fourth-order valence-corrected chi connectivity index (χ4v) is 1.92. The van der Waals surface area contributed by atoms with Crippen LogP contribution in [0.15, 0.2) is 24.3 Å². The molecule has 21 heavy (non-hydrogen) atoms. The molecule has 1 aromatic carbocycles. The van der Waals surface area contributed by atoms with Crippen LogP contribution in [0.4, 0.5) is 0 Å². The number of nitrogens with one attached hydrogen (secondary N) is 1. The SMILES string of the molecule is CCCCN(CCNC(=O)c1ccc(OC)cc1)C(C)=O. The van der Waals surface area contributed by atoms with E-state index in [1.54, 1.807) is 43.2 Å². The van der Waals surface area contributed by atoms with Gasteiger partial charge in [-0.2, -0.15) is 0 Å². The van der Waals surface area contributed by atoms with E-state index >= 15 is 0 Å². The average Bonchev–Trinajstić information content (AvgIpc) is 2.50. The molecule has 2 amide bonds. The summed E-state index contributed by atoms with van der Waals surface area (Å²) in [5.74, 6) is 0.618. The molecule has 0 aliphatic carbocycles. The monoisotopic (exact) mass is 292 g/mol. The van der Waals surface area contributed by atoms with Crippen LogP contribution in [0.25, 0.3) is 0 Å². The molecule has 0 spiro atoms. The zero-order valence-electron chi connectivity index (χ0n) is 13.0. The molecule has 1 aromatic rings. The van der Waals surface area contributed by atoms with Crippen LogP contribution in [-0.4, -0.2) is 43.5 Å². The van der Waals surface area contributed by atoms with Crippen molar-refractivity contribution < 1.29 is 14.3 Å². The quantitative estimate of drug-likeness (QED) is 0.798. The van der Waals surface area contributed by atoms with Crippen LogP contribution < -0.4 is 10.1 Å². The minimum atomic E-state index is -0.142. The van der Waals surface area contributed by atoms with Crippen LogP contribution in [0.5, 0.6) is 5.75 Å². The number of ether oxygens (including phenoxy) is 1. The molecule has 5 heteroatoms. The second-order valence-corrected chi connectivity index (χ2v) is 4.84. The van der Waals surface area contributed by atoms with Gasteiger partial charge >= 0.3 is 0 Å². The molecule has 0 unspecified atom stereocenters. The van der Waals surface area contributed by atoms with Gasteiger partial charge < -0.3 is 15.0 Å². The summed E-state index contributed by atoms with van der Waals surface area (Å²) >= 11 is 0. The molecule has 0 aromatic heterocycles. The van der Waals surface area contributed by atoms with Crippen LogP contribution in [0.3, 0.4) is 0 Å². The van der Waals surface area contributed by atoms with E-state index < -0.39 is 0 Å². The first-order valence-corrected chi connectivity index (χ1v) is 7.26. The van der Waals surface area contributed by atoms with E-state index in [4.69, 9.17) is 4.74 Å². The zero-order chi connectivity index (χ0) is 15.7. The second kappa shape index (κ2) is 9.00. The minimum absolute atomic E-state index is 0.0437. The minimum Gasteiger partial charge on any atom is -0.497 e. The topological polar surface area (TPSA) is 58.6 Å². The van der Waals surface area contributed by atoms with E-state index in [2.05, 4.69) is 12.2 Å². The first kappa shape index (κ1) is 17.0. The lowest BCUT2D eigenvalue weighted by molar-refractivity contribution is -0.128. The predicted molar refractivity (Wildman–Crippen MR) is 82.5 cm³/mol. The maximum atomic E-state index is 12.0. The lowest BCUT2D eigenvalue weighted by atomic mass is 10.2. The molecule has 116 valence electrons. The number of methoxy groups -OCH3 is 1. The van der Waals surface area contributed by atoms with E-state index in [1.807, 2.05) is 0 Å². The molecule has 0 radical (unpaired) electrons. The number of hydrogen-bond donors (Lipinski definition) is 1. The summed E-state index contributed by atoms with van der Waals surface area (Å²) in [6.07, 6.45) is 2.02. The summed E-state index contributed by atoms with van der Waals surface area (Å²) in [5, 5.41) is 2.82. The number of unbranched alkanes of at least 4 members (excludes halogenated alkanes) is 1. The van der Waals surface area contributed by atoms with Gasteiger partial charge in [0.15, 0.2) is 0 Å². The number of carbonyl (C=O) groups excluding carboxylic acids is 2. The van der Waals surface area contributed by atoms with Crippen molar-refractivity contribution in [1.82, 2.24) is 10.2 Å². The van der Waals surface area contributed by atoms with E-state index in [0.29, 0.717) is 24.4 Å². The Morgan fingerprint density at radius 3 is 2.38 bits per heavy atom. The van der Waals surface area contributed by atoms with Crippen LogP contribution in [0.2, 0.25) is 0 Å². The highest BCUT2D eigenvalue weighted by atomic mass is 16.5. The van der Waals surface area contributed by atoms with Gasteiger partial charge in [0, 0.05) is 32.1 Å². The van der Waals surface area contributed by atoms with E-state index in [0.717, 1.165) is 19.4 Å². The number of nitrogens with zero attached hydrogens (tertiary/aromatic N) is 1. The van der Waals surface area contributed by atoms with Crippen LogP contribution in [0.1, 0.15) is 37.0 Å². The number of rotatable bonds is 8. The third-order valence-corrected chi connectivity index (χ3v) is 3.25. The molecular formula is C16H24N2O3. The Kier molecular flexibility index (Phi) is 7.29. The Morgan fingerprint density at radius 1 is 1.19 bits per heavy atom. The predicted octanol–water partition coefficient (Wildman–Crippen LogP) is 2.07. The highest BCUT2D eigenvalue weighted by Crippen LogP contribution is 2.10. The van der Waals surface area contributed by atoms with Crippen LogP contribution in [0, 0.1) is 0 Å². The Bertz CT molecular complexity index is 457. The fraction of sp³-hybridized carbons (Fsp3) is 0.500. The molecule has 0 aliphatic heterocycles. The van der Waals surface area contributed by atoms with Crippen molar-refractivity contribution in [3.63, 3.8) is 0 Å². The number of hydrogen-bond acceptors (Lipinski definition) is 3. The summed E-state index contributed by atoms with van der Waals surface area (Å²) in [5.41, 5.74) is 0.582. The number of benzene rings is 1. The highest BCUT2D eigenvalue weighted by molar-refractivity contribution is 5.94. The van der Waals surface area contributed by atoms with Gasteiger partial charge in [-0.1, -0.05) is 13.3 Å². The van der Waals surface area contributed by atoms with E-state index in [-0.39, 0.29) is 11.8 Å². The smallest absolute Gasteiger partial charge is 0.251 e. The van der Waals surface area contributed by atoms with Crippen molar-refractivity contribution in [2.75, 3.05) is 26.7 Å². The van der Waals surface area contributed by atoms with Crippen molar-refractivity contribution in [2.45, 2.75) is 26.7 Å². The fourth-order valence-electron chi connectivity index (χ4n) is 1.92. The molecule has 0 bridgehead atoms. The largest absolute Gasteiger partial charge is 0.497 e. The van der Waals surface area contributed by atoms with Crippen LogP contribution >= 0.6 is 0 Å². The summed E-state index contributed by atoms with van der Waals surface area (Å²) in [6.45, 7) is 5.38. The van der Waals surface area contributed by atoms with Gasteiger partial charge in [0.2, 0.25) is 5.91 Å². The molecular weight excluding hydrogens is 268 g/mol. The van der Waals surface area contributed by atoms with Gasteiger partial charge in [0.25, 0.3) is 5.91 Å². The average molecular weight is 292 g/mol. The normalized spacial score (nSPS) is 10.0. The lowest BCUT2D eigenvalue weighted by Gasteiger charge is -2.20. The summed E-state index contributed by atoms with van der Waals surface area (Å²) < 4.78 is 5.05. The van der Waals surface area contributed by atoms with Crippen molar-refractivity contribution in [3.05, 3.63) is 29.8 Å². The van der Waals surface area contributed by atoms with Gasteiger partial charge in [-0.25, -0.2) is 0 Å². The Morgan fingerprint density at radius 2 is 1.86 bits per heavy atom. The van der Waals surface area contributed by atoms with Gasteiger partial charge in [0.1, 0.15) is 5.75 Å². The standard InChI is InChI=1S/C16H24N2O3/c1-4-5-11-18(13(2)19)12-10-17-16(20)14-6-8-15(21-3)9-7-14/h6-9H,4-5,10-12H2,1-3H3,(H,17,20). The molecule has 0 fully saturated rings. The molecule has 0 heterocycles. The molecule has 0 aliphatic rings. The van der Waals surface area contributed by atoms with Crippen LogP contribution in [-0.2, 0) is 4.79 Å². The Balaban J connectivity index is 2.42. The van der Waals surface area contributed by atoms with E-state index in [1.165, 1.54) is 0 Å². The number of amides is 2. The van der Waals surface area contributed by atoms with Crippen molar-refractivity contribution in [2.24, 2.45) is 0 Å². The molecule has 1 N–H and O–H groups in total. The Hall–Kier alpha value is -2.04. The third-order valence-electron chi connectivity index (χ3n) is 3.25. The summed E-state index contributed by atoms with van der Waals surface area (Å²) in [4.78, 5) is 25.2. The van der Waals surface area contributed by atoms with Crippen molar-refractivity contribution in [3.8, 4) is 5.75 Å². The maximum absolute atomic E-state index is 12.0. The van der Waals surface area contributed by atoms with Gasteiger partial charge in [-0.3, -0.25) is 9.59 Å². The Labute approximate surface area is 126 Å². The third kappa shape index (κ3) is 5.85. The molecule has 0 saturated heterocycles. The summed E-state index contributed by atoms with van der Waals surface area (Å²) in [6, 6.07) is 6.93. The van der Waals surface area contributed by atoms with Gasteiger partial charge in [0.05, 0.1) is 7.11 Å². The molecule has 5 nitrogen and oxygen atoms in total. The molecule has 0 saturated carbocycles. The van der Waals surface area contributed by atoms with Crippen molar-refractivity contribution in [1.29, 1.82) is 0 Å². The first-order chi connectivity index (χ1) is 10.1. The molecule has 0 atom stereocenters. The van der Waals surface area contributed by atoms with Crippen molar-refractivity contribution >= 4 is 11.8 Å². The molecule has 1 rings (SSSR count). The zero-order valence-corrected chi connectivity index (χ0v) is 13.0. The van der Waals surface area contributed by atoms with E-state index in [9.17, 15) is 9.59 Å². The lowest BCUT2D eigenvalue weighted by Crippen LogP contribution is -2.38. The first-order valence-electron chi connectivity index (χ1n) is 7.26. The summed E-state index contributed by atoms with van der Waals surface area (Å²) in [7, 11) is 1.59. The second-order valence-electron chi connectivity index (χ2n) is 4.84. The highest BCUT2D eigenvalue weighted by Gasteiger charge is 2.09.